The average molecular weight is 346 g/mol. The molecule has 1 aliphatic heterocycles. The number of anilines is 2. The lowest BCUT2D eigenvalue weighted by atomic mass is 10.1. The van der Waals surface area contributed by atoms with E-state index in [9.17, 15) is 13.2 Å². The minimum atomic E-state index is -3.71. The van der Waals surface area contributed by atoms with Gasteiger partial charge in [0.2, 0.25) is 5.91 Å². The van der Waals surface area contributed by atoms with E-state index in [1.54, 1.807) is 36.4 Å². The molecule has 7 heteroatoms. The van der Waals surface area contributed by atoms with Gasteiger partial charge in [-0.25, -0.2) is 8.42 Å². The van der Waals surface area contributed by atoms with E-state index in [0.717, 1.165) is 11.1 Å². The van der Waals surface area contributed by atoms with Crippen LogP contribution in [0.1, 0.15) is 17.5 Å². The predicted octanol–water partition coefficient (Wildman–Crippen LogP) is 2.83. The van der Waals surface area contributed by atoms with Gasteiger partial charge in [0, 0.05) is 0 Å². The lowest BCUT2D eigenvalue weighted by Crippen LogP contribution is -2.14. The number of rotatable bonds is 3. The van der Waals surface area contributed by atoms with Gasteiger partial charge in [0.25, 0.3) is 10.0 Å². The summed E-state index contributed by atoms with van der Waals surface area (Å²) in [6.45, 7) is 4.09. The summed E-state index contributed by atoms with van der Waals surface area (Å²) in [5.41, 5.74) is 2.75. The molecule has 1 amide bonds. The van der Waals surface area contributed by atoms with Gasteiger partial charge in [-0.05, 0) is 55.3 Å². The molecule has 2 N–H and O–H groups in total. The maximum atomic E-state index is 12.5. The summed E-state index contributed by atoms with van der Waals surface area (Å²) in [5, 5.41) is 2.71. The number of amides is 1. The molecular weight excluding hydrogens is 328 g/mol. The van der Waals surface area contributed by atoms with E-state index in [1.165, 1.54) is 0 Å². The molecule has 0 saturated heterocycles. The minimum absolute atomic E-state index is 0.164. The van der Waals surface area contributed by atoms with Gasteiger partial charge in [-0.1, -0.05) is 6.07 Å². The maximum Gasteiger partial charge on any atom is 0.261 e. The van der Waals surface area contributed by atoms with Crippen LogP contribution in [0.15, 0.2) is 41.3 Å². The Balaban J connectivity index is 1.90. The van der Waals surface area contributed by atoms with Crippen LogP contribution in [0.25, 0.3) is 0 Å². The molecule has 0 fully saturated rings. The van der Waals surface area contributed by atoms with Crippen molar-refractivity contribution in [2.45, 2.75) is 25.2 Å². The number of aryl methyl sites for hydroxylation is 2. The summed E-state index contributed by atoms with van der Waals surface area (Å²) < 4.78 is 33.1. The third kappa shape index (κ3) is 3.35. The predicted molar refractivity (Wildman–Crippen MR) is 91.9 cm³/mol. The molecule has 1 heterocycles. The van der Waals surface area contributed by atoms with Crippen LogP contribution >= 0.6 is 0 Å². The van der Waals surface area contributed by atoms with E-state index in [2.05, 4.69) is 10.0 Å². The largest absolute Gasteiger partial charge is 0.491 e. The highest BCUT2D eigenvalue weighted by Gasteiger charge is 2.18. The second-order valence-electron chi connectivity index (χ2n) is 5.71. The molecule has 0 atom stereocenters. The Morgan fingerprint density at radius 1 is 1.08 bits per heavy atom. The molecule has 0 saturated carbocycles. The molecule has 126 valence electrons. The Morgan fingerprint density at radius 3 is 2.62 bits per heavy atom. The summed E-state index contributed by atoms with van der Waals surface area (Å²) in [5.74, 6) is 0.359. The first kappa shape index (κ1) is 16.3. The summed E-state index contributed by atoms with van der Waals surface area (Å²) in [4.78, 5) is 11.8. The van der Waals surface area contributed by atoms with Crippen molar-refractivity contribution in [3.05, 3.63) is 47.5 Å². The van der Waals surface area contributed by atoms with Gasteiger partial charge in [-0.2, -0.15) is 0 Å². The van der Waals surface area contributed by atoms with Crippen molar-refractivity contribution in [3.63, 3.8) is 0 Å². The summed E-state index contributed by atoms with van der Waals surface area (Å²) in [6.07, 6.45) is 0.262. The van der Waals surface area contributed by atoms with E-state index >= 15 is 0 Å². The molecule has 2 aromatic rings. The standard InChI is InChI=1S/C17H18N2O4S/c1-11-3-5-14(9-12(11)2)24(21,22)19-13-4-6-16-15(10-13)18-17(20)7-8-23-16/h3-6,9-10,19H,7-8H2,1-2H3,(H,18,20). The van der Waals surface area contributed by atoms with Crippen LogP contribution in [0.2, 0.25) is 0 Å². The van der Waals surface area contributed by atoms with E-state index < -0.39 is 10.0 Å². The number of carbonyl (C=O) groups excluding carboxylic acids is 1. The van der Waals surface area contributed by atoms with E-state index in [1.807, 2.05) is 13.8 Å². The first-order valence-electron chi connectivity index (χ1n) is 7.52. The molecule has 6 nitrogen and oxygen atoms in total. The second kappa shape index (κ2) is 6.16. The van der Waals surface area contributed by atoms with Gasteiger partial charge in [-0.15, -0.1) is 0 Å². The number of carbonyl (C=O) groups is 1. The molecule has 0 aliphatic carbocycles. The highest BCUT2D eigenvalue weighted by atomic mass is 32.2. The Hall–Kier alpha value is -2.54. The number of benzene rings is 2. The normalized spacial score (nSPS) is 14.2. The monoisotopic (exact) mass is 346 g/mol. The zero-order valence-corrected chi connectivity index (χ0v) is 14.2. The summed E-state index contributed by atoms with van der Waals surface area (Å²) >= 11 is 0. The van der Waals surface area contributed by atoms with Crippen molar-refractivity contribution in [2.75, 3.05) is 16.6 Å². The molecule has 2 aromatic carbocycles. The lowest BCUT2D eigenvalue weighted by Gasteiger charge is -2.12. The smallest absolute Gasteiger partial charge is 0.261 e. The Morgan fingerprint density at radius 2 is 1.88 bits per heavy atom. The van der Waals surface area contributed by atoms with Crippen molar-refractivity contribution in [1.29, 1.82) is 0 Å². The van der Waals surface area contributed by atoms with Crippen LogP contribution in [0.4, 0.5) is 11.4 Å². The molecule has 24 heavy (non-hydrogen) atoms. The van der Waals surface area contributed by atoms with Gasteiger partial charge in [0.05, 0.1) is 29.3 Å². The fourth-order valence-corrected chi connectivity index (χ4v) is 3.51. The average Bonchev–Trinajstić information content (AvgIpc) is 2.69. The van der Waals surface area contributed by atoms with Gasteiger partial charge in [0.15, 0.2) is 0 Å². The van der Waals surface area contributed by atoms with Crippen LogP contribution in [-0.4, -0.2) is 20.9 Å². The fraction of sp³-hybridized carbons (Fsp3) is 0.235. The van der Waals surface area contributed by atoms with Crippen LogP contribution in [0.5, 0.6) is 5.75 Å². The van der Waals surface area contributed by atoms with Crippen LogP contribution in [-0.2, 0) is 14.8 Å². The number of fused-ring (bicyclic) bond motifs is 1. The summed E-state index contributed by atoms with van der Waals surface area (Å²) in [7, 11) is -3.71. The molecule has 1 aliphatic rings. The zero-order valence-electron chi connectivity index (χ0n) is 13.4. The van der Waals surface area contributed by atoms with Crippen molar-refractivity contribution in [1.82, 2.24) is 0 Å². The Kier molecular flexibility index (Phi) is 4.19. The molecule has 0 bridgehead atoms. The van der Waals surface area contributed by atoms with E-state index in [0.29, 0.717) is 23.7 Å². The van der Waals surface area contributed by atoms with Crippen molar-refractivity contribution < 1.29 is 17.9 Å². The number of hydrogen-bond acceptors (Lipinski definition) is 4. The first-order valence-corrected chi connectivity index (χ1v) is 9.00. The molecule has 0 aromatic heterocycles. The van der Waals surface area contributed by atoms with E-state index in [4.69, 9.17) is 4.74 Å². The molecule has 0 radical (unpaired) electrons. The Bertz CT molecular complexity index is 907. The number of hydrogen-bond donors (Lipinski definition) is 2. The highest BCUT2D eigenvalue weighted by Crippen LogP contribution is 2.31. The van der Waals surface area contributed by atoms with Crippen molar-refractivity contribution in [2.24, 2.45) is 0 Å². The molecule has 0 spiro atoms. The van der Waals surface area contributed by atoms with Gasteiger partial charge in [-0.3, -0.25) is 9.52 Å². The van der Waals surface area contributed by atoms with Gasteiger partial charge >= 0.3 is 0 Å². The number of nitrogens with one attached hydrogen (secondary N) is 2. The van der Waals surface area contributed by atoms with Crippen molar-refractivity contribution >= 4 is 27.3 Å². The quantitative estimate of drug-likeness (QED) is 0.895. The third-order valence-electron chi connectivity index (χ3n) is 3.88. The van der Waals surface area contributed by atoms with Crippen LogP contribution < -0.4 is 14.8 Å². The Labute approximate surface area is 140 Å². The lowest BCUT2D eigenvalue weighted by molar-refractivity contribution is -0.116. The third-order valence-corrected chi connectivity index (χ3v) is 5.26. The van der Waals surface area contributed by atoms with Gasteiger partial charge in [0.1, 0.15) is 5.75 Å². The highest BCUT2D eigenvalue weighted by molar-refractivity contribution is 7.92. The zero-order chi connectivity index (χ0) is 17.3. The van der Waals surface area contributed by atoms with Crippen LogP contribution in [0, 0.1) is 13.8 Å². The number of ether oxygens (including phenoxy) is 1. The topological polar surface area (TPSA) is 84.5 Å². The minimum Gasteiger partial charge on any atom is -0.491 e. The van der Waals surface area contributed by atoms with Crippen LogP contribution in [0.3, 0.4) is 0 Å². The molecule has 0 unspecified atom stereocenters. The SMILES string of the molecule is Cc1ccc(S(=O)(=O)Nc2ccc3c(c2)NC(=O)CCO3)cc1C. The summed E-state index contributed by atoms with van der Waals surface area (Å²) in [6, 6.07) is 9.77. The van der Waals surface area contributed by atoms with Gasteiger partial charge < -0.3 is 10.1 Å². The van der Waals surface area contributed by atoms with E-state index in [-0.39, 0.29) is 17.2 Å². The molecular formula is C17H18N2O4S. The first-order chi connectivity index (χ1) is 11.3. The maximum absolute atomic E-state index is 12.5. The second-order valence-corrected chi connectivity index (χ2v) is 7.39. The van der Waals surface area contributed by atoms with Crippen molar-refractivity contribution in [3.8, 4) is 5.75 Å². The number of sulfonamides is 1. The fourth-order valence-electron chi connectivity index (χ4n) is 2.38. The molecule has 3 rings (SSSR count).